The molecule has 1 fully saturated rings. The Labute approximate surface area is 166 Å². The normalized spacial score (nSPS) is 14.9. The Kier molecular flexibility index (Phi) is 6.48. The van der Waals surface area contributed by atoms with Crippen LogP contribution < -0.4 is 9.64 Å². The smallest absolute Gasteiger partial charge is 0.143 e. The number of ether oxygens (including phenoxy) is 1. The quantitative estimate of drug-likeness (QED) is 0.764. The van der Waals surface area contributed by atoms with Gasteiger partial charge in [0.25, 0.3) is 0 Å². The lowest BCUT2D eigenvalue weighted by atomic mass is 9.99. The first-order valence-corrected chi connectivity index (χ1v) is 9.69. The zero-order valence-electron chi connectivity index (χ0n) is 16.8. The van der Waals surface area contributed by atoms with E-state index in [2.05, 4.69) is 34.7 Å². The van der Waals surface area contributed by atoms with Gasteiger partial charge in [-0.3, -0.25) is 9.88 Å². The average molecular weight is 382 g/mol. The predicted molar refractivity (Wildman–Crippen MR) is 108 cm³/mol. The first-order chi connectivity index (χ1) is 13.5. The number of anilines is 1. The van der Waals surface area contributed by atoms with E-state index in [1.54, 1.807) is 13.3 Å². The van der Waals surface area contributed by atoms with Gasteiger partial charge >= 0.3 is 0 Å². The molecular weight excluding hydrogens is 355 g/mol. The Bertz CT molecular complexity index is 854. The maximum absolute atomic E-state index is 14.5. The van der Waals surface area contributed by atoms with Crippen LogP contribution >= 0.6 is 0 Å². The summed E-state index contributed by atoms with van der Waals surface area (Å²) in [6, 6.07) is 9.33. The lowest BCUT2D eigenvalue weighted by Crippen LogP contribution is -2.46. The predicted octanol–water partition coefficient (Wildman–Crippen LogP) is 3.62. The summed E-state index contributed by atoms with van der Waals surface area (Å²) >= 11 is 0. The van der Waals surface area contributed by atoms with Gasteiger partial charge in [-0.05, 0) is 36.1 Å². The van der Waals surface area contributed by atoms with Crippen molar-refractivity contribution in [2.24, 2.45) is 5.92 Å². The molecule has 0 unspecified atom stereocenters. The molecule has 5 nitrogen and oxygen atoms in total. The molecule has 1 aromatic carbocycles. The molecule has 6 heteroatoms. The zero-order valence-corrected chi connectivity index (χ0v) is 16.8. The molecule has 0 spiro atoms. The van der Waals surface area contributed by atoms with Gasteiger partial charge in [-0.25, -0.2) is 4.39 Å². The minimum absolute atomic E-state index is 0.149. The van der Waals surface area contributed by atoms with Crippen molar-refractivity contribution in [1.29, 1.82) is 5.26 Å². The van der Waals surface area contributed by atoms with Gasteiger partial charge in [0.1, 0.15) is 23.2 Å². The van der Waals surface area contributed by atoms with Gasteiger partial charge < -0.3 is 9.64 Å². The lowest BCUT2D eigenvalue weighted by molar-refractivity contribution is 0.246. The highest BCUT2D eigenvalue weighted by molar-refractivity contribution is 5.62. The van der Waals surface area contributed by atoms with Gasteiger partial charge in [0, 0.05) is 45.0 Å². The van der Waals surface area contributed by atoms with E-state index in [-0.39, 0.29) is 5.56 Å². The molecule has 2 heterocycles. The third-order valence-corrected chi connectivity index (χ3v) is 5.01. The van der Waals surface area contributed by atoms with Gasteiger partial charge in [0.05, 0.1) is 18.5 Å². The molecule has 0 atom stereocenters. The summed E-state index contributed by atoms with van der Waals surface area (Å²) in [6.07, 6.45) is 2.56. The van der Waals surface area contributed by atoms with Gasteiger partial charge in [-0.15, -0.1) is 0 Å². The maximum atomic E-state index is 14.5. The van der Waals surface area contributed by atoms with Gasteiger partial charge in [-0.2, -0.15) is 5.26 Å². The van der Waals surface area contributed by atoms with Crippen molar-refractivity contribution >= 4 is 5.69 Å². The first-order valence-electron chi connectivity index (χ1n) is 9.69. The van der Waals surface area contributed by atoms with Crippen LogP contribution in [0.3, 0.4) is 0 Å². The van der Waals surface area contributed by atoms with Crippen LogP contribution in [-0.2, 0) is 13.0 Å². The number of hydrogen-bond donors (Lipinski definition) is 0. The molecule has 148 valence electrons. The van der Waals surface area contributed by atoms with Crippen molar-refractivity contribution in [1.82, 2.24) is 9.88 Å². The Morgan fingerprint density at radius 3 is 2.61 bits per heavy atom. The Morgan fingerprint density at radius 1 is 1.21 bits per heavy atom. The van der Waals surface area contributed by atoms with Crippen molar-refractivity contribution < 1.29 is 9.13 Å². The summed E-state index contributed by atoms with van der Waals surface area (Å²) in [5, 5.41) is 9.45. The summed E-state index contributed by atoms with van der Waals surface area (Å²) in [4.78, 5) is 8.85. The van der Waals surface area contributed by atoms with Crippen LogP contribution in [0.15, 0.2) is 30.5 Å². The van der Waals surface area contributed by atoms with E-state index in [0.717, 1.165) is 61.8 Å². The van der Waals surface area contributed by atoms with E-state index < -0.39 is 5.82 Å². The molecule has 0 aliphatic carbocycles. The number of methoxy groups -OCH3 is 1. The molecule has 2 aromatic rings. The summed E-state index contributed by atoms with van der Waals surface area (Å²) in [7, 11) is 1.65. The highest BCUT2D eigenvalue weighted by Gasteiger charge is 2.22. The minimum atomic E-state index is -0.418. The molecule has 0 saturated carbocycles. The Balaban J connectivity index is 1.70. The average Bonchev–Trinajstić information content (AvgIpc) is 2.68. The fraction of sp³-hybridized carbons (Fsp3) is 0.455. The third-order valence-electron chi connectivity index (χ3n) is 5.01. The van der Waals surface area contributed by atoms with E-state index in [4.69, 9.17) is 4.74 Å². The molecule has 1 aromatic heterocycles. The van der Waals surface area contributed by atoms with E-state index in [1.807, 2.05) is 18.2 Å². The van der Waals surface area contributed by atoms with Gasteiger partial charge in [0.15, 0.2) is 0 Å². The highest BCUT2D eigenvalue weighted by Crippen LogP contribution is 2.27. The van der Waals surface area contributed by atoms with E-state index in [0.29, 0.717) is 5.92 Å². The number of pyridine rings is 1. The van der Waals surface area contributed by atoms with E-state index in [1.165, 1.54) is 6.07 Å². The number of aromatic nitrogens is 1. The van der Waals surface area contributed by atoms with Crippen LogP contribution in [0.25, 0.3) is 0 Å². The molecule has 3 rings (SSSR count). The topological polar surface area (TPSA) is 52.4 Å². The lowest BCUT2D eigenvalue weighted by Gasteiger charge is -2.36. The molecule has 0 amide bonds. The summed E-state index contributed by atoms with van der Waals surface area (Å²) in [5.41, 5.74) is 2.78. The maximum Gasteiger partial charge on any atom is 0.143 e. The molecule has 1 aliphatic rings. The largest absolute Gasteiger partial charge is 0.497 e. The second kappa shape index (κ2) is 9.03. The summed E-state index contributed by atoms with van der Waals surface area (Å²) in [6.45, 7) is 8.15. The number of piperazine rings is 1. The van der Waals surface area contributed by atoms with E-state index in [9.17, 15) is 9.65 Å². The monoisotopic (exact) mass is 382 g/mol. The zero-order chi connectivity index (χ0) is 20.1. The van der Waals surface area contributed by atoms with Crippen molar-refractivity contribution in [3.8, 4) is 11.8 Å². The molecule has 1 aliphatic heterocycles. The molecule has 1 saturated heterocycles. The van der Waals surface area contributed by atoms with Crippen LogP contribution in [0.2, 0.25) is 0 Å². The molecular formula is C22H27FN4O. The fourth-order valence-corrected chi connectivity index (χ4v) is 3.64. The van der Waals surface area contributed by atoms with Gasteiger partial charge in [0.2, 0.25) is 0 Å². The fourth-order valence-electron chi connectivity index (χ4n) is 3.64. The van der Waals surface area contributed by atoms with Crippen LogP contribution in [-0.4, -0.2) is 43.2 Å². The number of benzene rings is 1. The number of nitriles is 1. The van der Waals surface area contributed by atoms with Crippen molar-refractivity contribution in [2.45, 2.75) is 26.8 Å². The number of nitrogens with zero attached hydrogens (tertiary/aromatic N) is 4. The van der Waals surface area contributed by atoms with Crippen LogP contribution in [0.5, 0.6) is 5.75 Å². The second-order valence-corrected chi connectivity index (χ2v) is 7.63. The van der Waals surface area contributed by atoms with Crippen molar-refractivity contribution in [3.63, 3.8) is 0 Å². The Hall–Kier alpha value is -2.65. The summed E-state index contributed by atoms with van der Waals surface area (Å²) < 4.78 is 19.7. The van der Waals surface area contributed by atoms with Crippen molar-refractivity contribution in [3.05, 3.63) is 53.1 Å². The van der Waals surface area contributed by atoms with E-state index >= 15 is 0 Å². The molecule has 0 N–H and O–H groups in total. The van der Waals surface area contributed by atoms with Crippen LogP contribution in [0, 0.1) is 23.1 Å². The second-order valence-electron chi connectivity index (χ2n) is 7.63. The number of hydrogen-bond acceptors (Lipinski definition) is 5. The first kappa shape index (κ1) is 20.1. The minimum Gasteiger partial charge on any atom is -0.497 e. The number of halogens is 1. The highest BCUT2D eigenvalue weighted by atomic mass is 19.1. The SMILES string of the molecule is COc1ccnc(CN2CCN(c3cc(CC(C)C)cc(F)c3C#N)CC2)c1. The third kappa shape index (κ3) is 4.79. The molecule has 0 radical (unpaired) electrons. The summed E-state index contributed by atoms with van der Waals surface area (Å²) in [5.74, 6) is 0.825. The van der Waals surface area contributed by atoms with Crippen molar-refractivity contribution in [2.75, 3.05) is 38.2 Å². The van der Waals surface area contributed by atoms with Crippen LogP contribution in [0.4, 0.5) is 10.1 Å². The van der Waals surface area contributed by atoms with Crippen LogP contribution in [0.1, 0.15) is 30.7 Å². The number of rotatable bonds is 6. The Morgan fingerprint density at radius 2 is 1.96 bits per heavy atom. The molecule has 28 heavy (non-hydrogen) atoms. The standard InChI is InChI=1S/C22H27FN4O/c1-16(2)10-17-11-21(23)20(14-24)22(12-17)27-8-6-26(7-9-27)15-18-13-19(28-3)4-5-25-18/h4-5,11-13,16H,6-10,15H2,1-3H3. The molecule has 0 bridgehead atoms. The van der Waals surface area contributed by atoms with Gasteiger partial charge in [-0.1, -0.05) is 13.8 Å².